The Bertz CT molecular complexity index is 401. The van der Waals surface area contributed by atoms with E-state index in [9.17, 15) is 0 Å². The SMILES string of the molecule is CCCCCCCCCCCCCCCCC[CH2][Pb][O][Pb][O][Pb][CH2]CCCCCCCCCCCCCCCCC. The average molecular weight is 1160 g/mol. The van der Waals surface area contributed by atoms with E-state index in [4.69, 9.17) is 1.27 Å². The summed E-state index contributed by atoms with van der Waals surface area (Å²) in [6.07, 6.45) is 46.9. The summed E-state index contributed by atoms with van der Waals surface area (Å²) in [5.41, 5.74) is 0. The summed E-state index contributed by atoms with van der Waals surface area (Å²) in [6.45, 7) is 4.61. The van der Waals surface area contributed by atoms with E-state index < -0.39 is 74.5 Å². The van der Waals surface area contributed by atoms with Crippen LogP contribution in [0.2, 0.25) is 7.96 Å². The monoisotopic (exact) mass is 1160 g/mol. The standard InChI is InChI=1S/2C18H37.2O.3Pb/c2*1-3-5-7-9-11-13-15-17-18-16-14-12-10-8-6-4-2;;;;;/h2*1,3-18H2,2H3;;;;;. The van der Waals surface area contributed by atoms with E-state index in [-0.39, 0.29) is 0 Å². The number of unbranched alkanes of at least 4 members (excludes halogenated alkanes) is 30. The minimum Gasteiger partial charge on any atom is -0.0654 e. The number of hydrogen-bond acceptors (Lipinski definition) is 2. The van der Waals surface area contributed by atoms with E-state index in [1.165, 1.54) is 213 Å². The molecule has 0 amide bonds. The number of hydrogen-bond donors (Lipinski definition) is 0. The molecule has 0 saturated heterocycles. The van der Waals surface area contributed by atoms with Crippen molar-refractivity contribution in [2.75, 3.05) is 0 Å². The summed E-state index contributed by atoms with van der Waals surface area (Å²) in [7, 11) is 0. The van der Waals surface area contributed by atoms with Gasteiger partial charge < -0.3 is 0 Å². The van der Waals surface area contributed by atoms with Gasteiger partial charge in [-0.15, -0.1) is 0 Å². The Kier molecular flexibility index (Phi) is 45.5. The van der Waals surface area contributed by atoms with Gasteiger partial charge in [-0.05, 0) is 0 Å². The molecule has 0 aromatic rings. The molecule has 0 fully saturated rings. The molecule has 41 heavy (non-hydrogen) atoms. The molecule has 0 aliphatic heterocycles. The molecule has 0 aromatic carbocycles. The first kappa shape index (κ1) is 43.7. The third-order valence-electron chi connectivity index (χ3n) is 8.49. The summed E-state index contributed by atoms with van der Waals surface area (Å²) < 4.78 is 15.1. The molecule has 0 saturated carbocycles. The van der Waals surface area contributed by atoms with Crippen LogP contribution in [0.3, 0.4) is 0 Å². The van der Waals surface area contributed by atoms with Gasteiger partial charge in [0, 0.05) is 0 Å². The second-order valence-electron chi connectivity index (χ2n) is 12.7. The Hall–Kier alpha value is 2.69. The van der Waals surface area contributed by atoms with Crippen molar-refractivity contribution < 1.29 is 1.27 Å². The van der Waals surface area contributed by atoms with E-state index in [0.717, 1.165) is 0 Å². The normalized spacial score (nSPS) is 11.6. The molecule has 242 valence electrons. The van der Waals surface area contributed by atoms with Gasteiger partial charge in [0.15, 0.2) is 0 Å². The van der Waals surface area contributed by atoms with Gasteiger partial charge in [0.2, 0.25) is 0 Å². The summed E-state index contributed by atoms with van der Waals surface area (Å²) >= 11 is -2.47. The molecule has 0 bridgehead atoms. The predicted molar refractivity (Wildman–Crippen MR) is 188 cm³/mol. The first-order valence-electron chi connectivity index (χ1n) is 18.9. The first-order valence-corrected chi connectivity index (χ1v) is 30.8. The Morgan fingerprint density at radius 2 is 0.463 bits per heavy atom. The van der Waals surface area contributed by atoms with Crippen molar-refractivity contribution in [3.05, 3.63) is 0 Å². The van der Waals surface area contributed by atoms with E-state index >= 15 is 0 Å². The van der Waals surface area contributed by atoms with Crippen LogP contribution in [0.1, 0.15) is 219 Å². The van der Waals surface area contributed by atoms with Crippen molar-refractivity contribution >= 4 is 74.5 Å². The topological polar surface area (TPSA) is 18.5 Å². The molecule has 0 rings (SSSR count). The van der Waals surface area contributed by atoms with Crippen LogP contribution in [0.4, 0.5) is 0 Å². The zero-order valence-electron chi connectivity index (χ0n) is 28.4. The molecule has 0 aromatic heterocycles. The van der Waals surface area contributed by atoms with Gasteiger partial charge in [0.05, 0.1) is 0 Å². The van der Waals surface area contributed by atoms with Crippen LogP contribution in [0.15, 0.2) is 0 Å². The summed E-state index contributed by atoms with van der Waals surface area (Å²) in [5, 5.41) is 0. The molecule has 0 N–H and O–H groups in total. The van der Waals surface area contributed by atoms with Crippen LogP contribution in [-0.2, 0) is 1.27 Å². The zero-order chi connectivity index (χ0) is 29.6. The van der Waals surface area contributed by atoms with Gasteiger partial charge >= 0.3 is 225 Å². The van der Waals surface area contributed by atoms with E-state index in [1.807, 2.05) is 0 Å². The molecular formula is C36H74O2Pb3. The maximum absolute atomic E-state index is 6.11. The molecule has 0 unspecified atom stereocenters. The van der Waals surface area contributed by atoms with Crippen molar-refractivity contribution in [3.8, 4) is 0 Å². The van der Waals surface area contributed by atoms with Crippen molar-refractivity contribution in [1.29, 1.82) is 0 Å². The molecule has 6 radical (unpaired) electrons. The summed E-state index contributed by atoms with van der Waals surface area (Å²) in [6, 6.07) is 0. The van der Waals surface area contributed by atoms with Crippen LogP contribution in [0, 0.1) is 0 Å². The molecule has 2 nitrogen and oxygen atoms in total. The maximum atomic E-state index is 6.11. The fourth-order valence-corrected chi connectivity index (χ4v) is 35.0. The molecular weight excluding hydrogens is 1090 g/mol. The minimum absolute atomic E-state index is 0.718. The van der Waals surface area contributed by atoms with Gasteiger partial charge in [0.1, 0.15) is 0 Å². The minimum atomic E-state index is -1.04. The third-order valence-corrected chi connectivity index (χ3v) is 30.1. The van der Waals surface area contributed by atoms with Gasteiger partial charge in [-0.25, -0.2) is 0 Å². The Balaban J connectivity index is 3.02. The van der Waals surface area contributed by atoms with Gasteiger partial charge in [0.25, 0.3) is 0 Å². The first-order chi connectivity index (χ1) is 20.4. The molecule has 0 spiro atoms. The third kappa shape index (κ3) is 42.7. The Morgan fingerprint density at radius 1 is 0.268 bits per heavy atom. The van der Waals surface area contributed by atoms with Crippen LogP contribution < -0.4 is 0 Å². The van der Waals surface area contributed by atoms with E-state index in [0.29, 0.717) is 0 Å². The van der Waals surface area contributed by atoms with Crippen molar-refractivity contribution in [2.45, 2.75) is 227 Å². The molecule has 0 aliphatic rings. The van der Waals surface area contributed by atoms with Gasteiger partial charge in [-0.2, -0.15) is 0 Å². The van der Waals surface area contributed by atoms with Gasteiger partial charge in [-0.1, -0.05) is 78.1 Å². The molecule has 0 atom stereocenters. The molecule has 0 aliphatic carbocycles. The van der Waals surface area contributed by atoms with Gasteiger partial charge in [-0.3, -0.25) is 0 Å². The van der Waals surface area contributed by atoms with E-state index in [1.54, 1.807) is 0 Å². The van der Waals surface area contributed by atoms with Crippen LogP contribution in [0.25, 0.3) is 0 Å². The average Bonchev–Trinajstić information content (AvgIpc) is 2.98. The Labute approximate surface area is 299 Å². The fraction of sp³-hybridized carbons (Fsp3) is 1.00. The smallest absolute Gasteiger partial charge is 0.0654 e. The summed E-state index contributed by atoms with van der Waals surface area (Å²) in [4.78, 5) is 0. The fourth-order valence-electron chi connectivity index (χ4n) is 5.67. The van der Waals surface area contributed by atoms with Crippen molar-refractivity contribution in [3.63, 3.8) is 0 Å². The van der Waals surface area contributed by atoms with Crippen LogP contribution in [-0.4, -0.2) is 74.5 Å². The second kappa shape index (κ2) is 42.7. The van der Waals surface area contributed by atoms with Crippen LogP contribution >= 0.6 is 0 Å². The second-order valence-corrected chi connectivity index (χ2v) is 35.0. The van der Waals surface area contributed by atoms with E-state index in [2.05, 4.69) is 13.8 Å². The molecule has 5 heteroatoms. The Morgan fingerprint density at radius 3 is 0.683 bits per heavy atom. The number of rotatable bonds is 38. The van der Waals surface area contributed by atoms with Crippen molar-refractivity contribution in [2.24, 2.45) is 0 Å². The predicted octanol–water partition coefficient (Wildman–Crippen LogP) is 13.2. The zero-order valence-corrected chi connectivity index (χ0v) is 40.0. The van der Waals surface area contributed by atoms with Crippen LogP contribution in [0.5, 0.6) is 0 Å². The van der Waals surface area contributed by atoms with Crippen molar-refractivity contribution in [1.82, 2.24) is 0 Å². The summed E-state index contributed by atoms with van der Waals surface area (Å²) in [5.74, 6) is 0. The quantitative estimate of drug-likeness (QED) is 0.0453. The molecule has 0 heterocycles.